The number of halogens is 1. The summed E-state index contributed by atoms with van der Waals surface area (Å²) in [5, 5.41) is 11.0. The Labute approximate surface area is 216 Å². The molecule has 3 aromatic rings. The van der Waals surface area contributed by atoms with Crippen molar-refractivity contribution in [2.75, 3.05) is 30.0 Å². The van der Waals surface area contributed by atoms with Gasteiger partial charge in [-0.15, -0.1) is 0 Å². The molecule has 6 nitrogen and oxygen atoms in total. The number of rotatable bonds is 3. The van der Waals surface area contributed by atoms with Crippen molar-refractivity contribution in [1.82, 2.24) is 0 Å². The number of fused-ring (bicyclic) bond motifs is 2. The number of aliphatic carboxylic acids is 1. The van der Waals surface area contributed by atoms with Crippen LogP contribution in [0.2, 0.25) is 5.02 Å². The number of anilines is 2. The summed E-state index contributed by atoms with van der Waals surface area (Å²) in [6, 6.07) is 17.4. The molecule has 0 fully saturated rings. The number of carboxylic acid groups (broad SMARTS) is 1. The average Bonchev–Trinajstić information content (AvgIpc) is 2.83. The first kappa shape index (κ1) is 24.2. The van der Waals surface area contributed by atoms with Crippen LogP contribution in [0.3, 0.4) is 0 Å². The van der Waals surface area contributed by atoms with Gasteiger partial charge in [0.25, 0.3) is 5.91 Å². The molecule has 0 aromatic heterocycles. The van der Waals surface area contributed by atoms with Gasteiger partial charge in [-0.25, -0.2) is 0 Å². The van der Waals surface area contributed by atoms with Gasteiger partial charge in [0, 0.05) is 23.3 Å². The van der Waals surface area contributed by atoms with Crippen molar-refractivity contribution >= 4 is 34.9 Å². The molecule has 2 heterocycles. The van der Waals surface area contributed by atoms with E-state index in [-0.39, 0.29) is 11.3 Å². The molecular weight excluding hydrogens is 476 g/mol. The molecule has 0 spiro atoms. The fourth-order valence-electron chi connectivity index (χ4n) is 5.24. The highest BCUT2D eigenvalue weighted by atomic mass is 35.5. The fraction of sp³-hybridized carbons (Fsp3) is 0.310. The molecule has 0 radical (unpaired) electrons. The van der Waals surface area contributed by atoms with E-state index in [4.69, 9.17) is 16.3 Å². The second-order valence-corrected chi connectivity index (χ2v) is 10.8. The molecule has 36 heavy (non-hydrogen) atoms. The Morgan fingerprint density at radius 1 is 1.08 bits per heavy atom. The largest absolute Gasteiger partial charge is 0.490 e. The molecule has 2 atom stereocenters. The molecule has 7 heteroatoms. The highest BCUT2D eigenvalue weighted by molar-refractivity contribution is 6.32. The number of amides is 1. The van der Waals surface area contributed by atoms with Gasteiger partial charge in [-0.2, -0.15) is 0 Å². The van der Waals surface area contributed by atoms with Crippen molar-refractivity contribution in [2.45, 2.75) is 38.1 Å². The van der Waals surface area contributed by atoms with Crippen LogP contribution in [0.1, 0.15) is 59.8 Å². The van der Waals surface area contributed by atoms with E-state index in [1.54, 1.807) is 35.2 Å². The number of hydrogen-bond donors (Lipinski definition) is 1. The molecule has 2 aliphatic rings. The zero-order valence-corrected chi connectivity index (χ0v) is 21.5. The smallest absolute Gasteiger partial charge is 0.313 e. The van der Waals surface area contributed by atoms with E-state index in [1.165, 1.54) is 0 Å². The number of nitrogens with zero attached hydrogens (tertiary/aromatic N) is 2. The number of hydrogen-bond acceptors (Lipinski definition) is 4. The van der Waals surface area contributed by atoms with Crippen LogP contribution in [0.4, 0.5) is 11.4 Å². The topological polar surface area (TPSA) is 70.1 Å². The van der Waals surface area contributed by atoms with Crippen LogP contribution < -0.4 is 14.5 Å². The Kier molecular flexibility index (Phi) is 5.95. The second kappa shape index (κ2) is 8.86. The summed E-state index contributed by atoms with van der Waals surface area (Å²) in [5.74, 6) is -1.47. The van der Waals surface area contributed by atoms with E-state index >= 15 is 0 Å². The van der Waals surface area contributed by atoms with E-state index in [0.29, 0.717) is 28.4 Å². The Hall–Kier alpha value is -3.51. The van der Waals surface area contributed by atoms with E-state index in [0.717, 1.165) is 29.1 Å². The van der Waals surface area contributed by atoms with E-state index < -0.39 is 17.9 Å². The van der Waals surface area contributed by atoms with Gasteiger partial charge < -0.3 is 14.7 Å². The van der Waals surface area contributed by atoms with Crippen molar-refractivity contribution in [3.8, 4) is 5.75 Å². The molecule has 2 unspecified atom stereocenters. The van der Waals surface area contributed by atoms with Gasteiger partial charge in [-0.1, -0.05) is 62.7 Å². The lowest BCUT2D eigenvalue weighted by atomic mass is 9.79. The summed E-state index contributed by atoms with van der Waals surface area (Å²) in [4.78, 5) is 30.4. The minimum absolute atomic E-state index is 0.180. The monoisotopic (exact) mass is 504 g/mol. The zero-order valence-electron chi connectivity index (χ0n) is 20.8. The molecule has 186 valence electrons. The first-order valence-electron chi connectivity index (χ1n) is 12.0. The third-order valence-electron chi connectivity index (χ3n) is 7.06. The van der Waals surface area contributed by atoms with Gasteiger partial charge >= 0.3 is 5.97 Å². The Morgan fingerprint density at radius 2 is 1.83 bits per heavy atom. The van der Waals surface area contributed by atoms with Crippen molar-refractivity contribution in [3.63, 3.8) is 0 Å². The first-order chi connectivity index (χ1) is 17.1. The molecular formula is C29H29ClN2O4. The van der Waals surface area contributed by atoms with Crippen LogP contribution in [-0.4, -0.2) is 37.2 Å². The van der Waals surface area contributed by atoms with Gasteiger partial charge in [0.1, 0.15) is 18.3 Å². The minimum Gasteiger partial charge on any atom is -0.490 e. The van der Waals surface area contributed by atoms with E-state index in [1.807, 2.05) is 37.4 Å². The Bertz CT molecular complexity index is 1360. The number of carbonyl (C=O) groups is 2. The fourth-order valence-corrected chi connectivity index (χ4v) is 5.70. The van der Waals surface area contributed by atoms with Crippen LogP contribution in [-0.2, 0) is 10.2 Å². The summed E-state index contributed by atoms with van der Waals surface area (Å²) in [6.45, 7) is 7.53. The lowest BCUT2D eigenvalue weighted by Crippen LogP contribution is -2.45. The summed E-state index contributed by atoms with van der Waals surface area (Å²) >= 11 is 6.71. The molecule has 1 N–H and O–H groups in total. The van der Waals surface area contributed by atoms with Crippen molar-refractivity contribution in [3.05, 3.63) is 87.9 Å². The Balaban J connectivity index is 1.73. The number of benzene rings is 3. The molecule has 2 aliphatic heterocycles. The third-order valence-corrected chi connectivity index (χ3v) is 7.38. The van der Waals surface area contributed by atoms with Gasteiger partial charge in [0.05, 0.1) is 18.3 Å². The predicted octanol–water partition coefficient (Wildman–Crippen LogP) is 6.04. The number of ether oxygens (including phenoxy) is 1. The zero-order chi connectivity index (χ0) is 25.8. The molecule has 5 rings (SSSR count). The molecule has 0 saturated carbocycles. The average molecular weight is 505 g/mol. The molecule has 0 aliphatic carbocycles. The normalized spacial score (nSPS) is 19.4. The van der Waals surface area contributed by atoms with Crippen LogP contribution in [0, 0.1) is 0 Å². The highest BCUT2D eigenvalue weighted by Gasteiger charge is 2.45. The summed E-state index contributed by atoms with van der Waals surface area (Å²) in [6.07, 6.45) is 0. The SMILES string of the molecule is CN1CCOc2ccc(C3C(C(=O)O)c4ccccc4C(=O)N3c3ccc(C(C)(C)C)c(Cl)c3)cc21. The highest BCUT2D eigenvalue weighted by Crippen LogP contribution is 2.47. The first-order valence-corrected chi connectivity index (χ1v) is 12.4. The second-order valence-electron chi connectivity index (χ2n) is 10.4. The summed E-state index contributed by atoms with van der Waals surface area (Å²) in [7, 11) is 1.98. The maximum absolute atomic E-state index is 14.0. The number of carbonyl (C=O) groups excluding carboxylic acids is 1. The summed E-state index contributed by atoms with van der Waals surface area (Å²) < 4.78 is 5.80. The van der Waals surface area contributed by atoms with Crippen LogP contribution in [0.15, 0.2) is 60.7 Å². The minimum atomic E-state index is -0.996. The van der Waals surface area contributed by atoms with Crippen LogP contribution in [0.25, 0.3) is 0 Å². The lowest BCUT2D eigenvalue weighted by Gasteiger charge is -2.41. The standard InChI is InChI=1S/C29H29ClN2O4/c1-29(2,3)21-11-10-18(16-22(21)30)32-26(17-9-12-24-23(15-17)31(4)13-14-36-24)25(28(34)35)19-7-5-6-8-20(19)27(32)33/h5-12,15-16,25-26H,13-14H2,1-4H3,(H,34,35). The van der Waals surface area contributed by atoms with Crippen LogP contribution in [0.5, 0.6) is 5.75 Å². The van der Waals surface area contributed by atoms with Gasteiger partial charge in [-0.05, 0) is 52.4 Å². The third kappa shape index (κ3) is 3.99. The Morgan fingerprint density at radius 3 is 2.53 bits per heavy atom. The lowest BCUT2D eigenvalue weighted by molar-refractivity contribution is -0.139. The van der Waals surface area contributed by atoms with Gasteiger partial charge in [-0.3, -0.25) is 14.5 Å². The van der Waals surface area contributed by atoms with E-state index in [2.05, 4.69) is 25.7 Å². The van der Waals surface area contributed by atoms with E-state index in [9.17, 15) is 14.7 Å². The maximum Gasteiger partial charge on any atom is 0.313 e. The maximum atomic E-state index is 14.0. The number of likely N-dealkylation sites (N-methyl/N-ethyl adjacent to an activating group) is 1. The number of carboxylic acids is 1. The van der Waals surface area contributed by atoms with Gasteiger partial charge in [0.15, 0.2) is 0 Å². The predicted molar refractivity (Wildman–Crippen MR) is 142 cm³/mol. The van der Waals surface area contributed by atoms with Crippen molar-refractivity contribution in [1.29, 1.82) is 0 Å². The van der Waals surface area contributed by atoms with Crippen molar-refractivity contribution < 1.29 is 19.4 Å². The van der Waals surface area contributed by atoms with Gasteiger partial charge in [0.2, 0.25) is 0 Å². The molecule has 1 amide bonds. The molecule has 3 aromatic carbocycles. The van der Waals surface area contributed by atoms with Crippen molar-refractivity contribution in [2.24, 2.45) is 0 Å². The quantitative estimate of drug-likeness (QED) is 0.471. The molecule has 0 saturated heterocycles. The molecule has 0 bridgehead atoms. The summed E-state index contributed by atoms with van der Waals surface area (Å²) in [5.41, 5.74) is 3.82. The van der Waals surface area contributed by atoms with Crippen LogP contribution >= 0.6 is 11.6 Å².